The van der Waals surface area contributed by atoms with Crippen molar-refractivity contribution in [3.05, 3.63) is 53.3 Å². The summed E-state index contributed by atoms with van der Waals surface area (Å²) in [5.41, 5.74) is 6.17. The molecule has 20 heavy (non-hydrogen) atoms. The molecule has 0 radical (unpaired) electrons. The molecular formula is C14H12F4N2. The van der Waals surface area contributed by atoms with Crippen molar-refractivity contribution >= 4 is 17.1 Å². The van der Waals surface area contributed by atoms with Gasteiger partial charge < -0.3 is 11.1 Å². The van der Waals surface area contributed by atoms with E-state index in [1.165, 1.54) is 6.07 Å². The first kappa shape index (κ1) is 14.2. The molecule has 0 amide bonds. The van der Waals surface area contributed by atoms with Crippen LogP contribution in [0.15, 0.2) is 36.4 Å². The average Bonchev–Trinajstić information content (AvgIpc) is 2.29. The molecule has 2 aromatic carbocycles. The molecule has 0 aliphatic rings. The number of hydrogen-bond donors (Lipinski definition) is 2. The van der Waals surface area contributed by atoms with Crippen molar-refractivity contribution in [2.45, 2.75) is 13.1 Å². The molecule has 0 aromatic heterocycles. The molecule has 3 N–H and O–H groups in total. The lowest BCUT2D eigenvalue weighted by atomic mass is 10.1. The normalized spacial score (nSPS) is 11.4. The van der Waals surface area contributed by atoms with E-state index in [2.05, 4.69) is 5.32 Å². The highest BCUT2D eigenvalue weighted by molar-refractivity contribution is 5.65. The van der Waals surface area contributed by atoms with E-state index in [0.29, 0.717) is 17.4 Å². The van der Waals surface area contributed by atoms with Gasteiger partial charge in [-0.15, -0.1) is 0 Å². The first-order valence-corrected chi connectivity index (χ1v) is 5.76. The van der Waals surface area contributed by atoms with Crippen LogP contribution in [0.25, 0.3) is 0 Å². The van der Waals surface area contributed by atoms with E-state index in [9.17, 15) is 17.6 Å². The molecule has 2 nitrogen and oxygen atoms in total. The Labute approximate surface area is 113 Å². The van der Waals surface area contributed by atoms with E-state index < -0.39 is 17.6 Å². The zero-order chi connectivity index (χ0) is 14.9. The molecule has 2 rings (SSSR count). The largest absolute Gasteiger partial charge is 0.416 e. The molecule has 0 heterocycles. The minimum Gasteiger partial charge on any atom is -0.399 e. The third-order valence-corrected chi connectivity index (χ3v) is 2.67. The average molecular weight is 284 g/mol. The van der Waals surface area contributed by atoms with Gasteiger partial charge >= 0.3 is 6.18 Å². The van der Waals surface area contributed by atoms with Crippen molar-refractivity contribution < 1.29 is 17.6 Å². The standard InChI is InChI=1S/C14H12F4N2/c1-8-4-10(19)7-11(5-8)20-13-6-9(14(16,17)18)2-3-12(13)15/h2-7,20H,19H2,1H3. The molecular weight excluding hydrogens is 272 g/mol. The van der Waals surface area contributed by atoms with Gasteiger partial charge in [0.2, 0.25) is 0 Å². The van der Waals surface area contributed by atoms with Crippen LogP contribution in [0.4, 0.5) is 34.6 Å². The van der Waals surface area contributed by atoms with Gasteiger partial charge in [-0.3, -0.25) is 0 Å². The Morgan fingerprint density at radius 3 is 2.35 bits per heavy atom. The Morgan fingerprint density at radius 1 is 1.05 bits per heavy atom. The van der Waals surface area contributed by atoms with Crippen molar-refractivity contribution in [3.8, 4) is 0 Å². The fourth-order valence-electron chi connectivity index (χ4n) is 1.84. The van der Waals surface area contributed by atoms with E-state index in [1.807, 2.05) is 0 Å². The fourth-order valence-corrected chi connectivity index (χ4v) is 1.84. The molecule has 0 unspecified atom stereocenters. The topological polar surface area (TPSA) is 38.0 Å². The Hall–Kier alpha value is -2.24. The summed E-state index contributed by atoms with van der Waals surface area (Å²) in [5, 5.41) is 2.61. The molecule has 0 spiro atoms. The minimum atomic E-state index is -4.52. The lowest BCUT2D eigenvalue weighted by Crippen LogP contribution is -2.06. The Bertz CT molecular complexity index is 615. The molecule has 0 atom stereocenters. The summed E-state index contributed by atoms with van der Waals surface area (Å²) in [6, 6.07) is 7.10. The monoisotopic (exact) mass is 284 g/mol. The number of rotatable bonds is 2. The van der Waals surface area contributed by atoms with Gasteiger partial charge in [-0.2, -0.15) is 13.2 Å². The molecule has 6 heteroatoms. The highest BCUT2D eigenvalue weighted by atomic mass is 19.4. The summed E-state index contributed by atoms with van der Waals surface area (Å²) < 4.78 is 51.4. The number of nitrogens with two attached hydrogens (primary N) is 1. The third kappa shape index (κ3) is 3.20. The summed E-state index contributed by atoms with van der Waals surface area (Å²) >= 11 is 0. The van der Waals surface area contributed by atoms with Gasteiger partial charge in [0.05, 0.1) is 11.3 Å². The highest BCUT2D eigenvalue weighted by Crippen LogP contribution is 2.33. The number of benzene rings is 2. The molecule has 106 valence electrons. The molecule has 0 aliphatic heterocycles. The fraction of sp³-hybridized carbons (Fsp3) is 0.143. The van der Waals surface area contributed by atoms with E-state index in [0.717, 1.165) is 17.7 Å². The van der Waals surface area contributed by atoms with Crippen LogP contribution in [0.3, 0.4) is 0 Å². The van der Waals surface area contributed by atoms with Crippen LogP contribution < -0.4 is 11.1 Å². The Kier molecular flexibility index (Phi) is 3.57. The molecule has 0 aliphatic carbocycles. The Balaban J connectivity index is 2.37. The predicted octanol–water partition coefficient (Wildman–Crippen LogP) is 4.48. The van der Waals surface area contributed by atoms with Crippen LogP contribution >= 0.6 is 0 Å². The second-order valence-corrected chi connectivity index (χ2v) is 4.45. The quantitative estimate of drug-likeness (QED) is 0.630. The minimum absolute atomic E-state index is 0.246. The number of alkyl halides is 3. The third-order valence-electron chi connectivity index (χ3n) is 2.67. The van der Waals surface area contributed by atoms with Gasteiger partial charge in [0.1, 0.15) is 5.82 Å². The van der Waals surface area contributed by atoms with E-state index in [-0.39, 0.29) is 5.69 Å². The first-order chi connectivity index (χ1) is 9.25. The smallest absolute Gasteiger partial charge is 0.399 e. The van der Waals surface area contributed by atoms with E-state index in [4.69, 9.17) is 5.73 Å². The molecule has 0 fully saturated rings. The highest BCUT2D eigenvalue weighted by Gasteiger charge is 2.31. The van der Waals surface area contributed by atoms with E-state index in [1.54, 1.807) is 19.1 Å². The number of halogens is 4. The lowest BCUT2D eigenvalue weighted by Gasteiger charge is -2.12. The number of hydrogen-bond acceptors (Lipinski definition) is 2. The summed E-state index contributed by atoms with van der Waals surface area (Å²) in [7, 11) is 0. The molecule has 0 saturated carbocycles. The predicted molar refractivity (Wildman–Crippen MR) is 70.3 cm³/mol. The second kappa shape index (κ2) is 5.03. The number of nitrogen functional groups attached to an aromatic ring is 1. The number of anilines is 3. The van der Waals surface area contributed by atoms with Crippen LogP contribution in [-0.4, -0.2) is 0 Å². The van der Waals surface area contributed by atoms with Crippen molar-refractivity contribution in [2.24, 2.45) is 0 Å². The van der Waals surface area contributed by atoms with Crippen LogP contribution in [0.2, 0.25) is 0 Å². The maximum Gasteiger partial charge on any atom is 0.416 e. The number of aryl methyl sites for hydroxylation is 1. The lowest BCUT2D eigenvalue weighted by molar-refractivity contribution is -0.137. The van der Waals surface area contributed by atoms with Crippen LogP contribution in [0, 0.1) is 12.7 Å². The van der Waals surface area contributed by atoms with Gasteiger partial charge in [0.25, 0.3) is 0 Å². The zero-order valence-corrected chi connectivity index (χ0v) is 10.6. The second-order valence-electron chi connectivity index (χ2n) is 4.45. The van der Waals surface area contributed by atoms with Gasteiger partial charge in [-0.1, -0.05) is 0 Å². The molecule has 0 saturated heterocycles. The zero-order valence-electron chi connectivity index (χ0n) is 10.6. The van der Waals surface area contributed by atoms with Gasteiger partial charge in [0, 0.05) is 11.4 Å². The van der Waals surface area contributed by atoms with Crippen molar-refractivity contribution in [1.29, 1.82) is 0 Å². The summed E-state index contributed by atoms with van der Waals surface area (Å²) in [4.78, 5) is 0. The maximum absolute atomic E-state index is 13.6. The summed E-state index contributed by atoms with van der Waals surface area (Å²) in [6.07, 6.45) is -4.52. The van der Waals surface area contributed by atoms with Crippen LogP contribution in [-0.2, 0) is 6.18 Å². The van der Waals surface area contributed by atoms with Gasteiger partial charge in [0.15, 0.2) is 0 Å². The first-order valence-electron chi connectivity index (χ1n) is 5.76. The number of nitrogens with one attached hydrogen (secondary N) is 1. The van der Waals surface area contributed by atoms with Crippen molar-refractivity contribution in [3.63, 3.8) is 0 Å². The maximum atomic E-state index is 13.6. The van der Waals surface area contributed by atoms with Gasteiger partial charge in [-0.25, -0.2) is 4.39 Å². The van der Waals surface area contributed by atoms with Crippen molar-refractivity contribution in [1.82, 2.24) is 0 Å². The summed E-state index contributed by atoms with van der Waals surface area (Å²) in [6.45, 7) is 1.78. The van der Waals surface area contributed by atoms with Crippen molar-refractivity contribution in [2.75, 3.05) is 11.1 Å². The summed E-state index contributed by atoms with van der Waals surface area (Å²) in [5.74, 6) is -0.766. The van der Waals surface area contributed by atoms with Crippen LogP contribution in [0.1, 0.15) is 11.1 Å². The molecule has 2 aromatic rings. The Morgan fingerprint density at radius 2 is 1.75 bits per heavy atom. The van der Waals surface area contributed by atoms with Gasteiger partial charge in [-0.05, 0) is 48.9 Å². The molecule has 0 bridgehead atoms. The van der Waals surface area contributed by atoms with E-state index >= 15 is 0 Å². The van der Waals surface area contributed by atoms with Crippen LogP contribution in [0.5, 0.6) is 0 Å². The SMILES string of the molecule is Cc1cc(N)cc(Nc2cc(C(F)(F)F)ccc2F)c1.